The van der Waals surface area contributed by atoms with Gasteiger partial charge in [-0.1, -0.05) is 30.3 Å². The Morgan fingerprint density at radius 1 is 1.14 bits per heavy atom. The summed E-state index contributed by atoms with van der Waals surface area (Å²) in [5.74, 6) is -0.125. The third-order valence-corrected chi connectivity index (χ3v) is 3.40. The fraction of sp³-hybridized carbons (Fsp3) is 0.222. The number of nitrogens with zero attached hydrogens (tertiary/aromatic N) is 1. The lowest BCUT2D eigenvalue weighted by Gasteiger charge is -2.21. The molecule has 2 N–H and O–H groups in total. The minimum absolute atomic E-state index is 0.0469. The lowest BCUT2D eigenvalue weighted by atomic mass is 10.1. The molecule has 0 unspecified atom stereocenters. The summed E-state index contributed by atoms with van der Waals surface area (Å²) in [6.07, 6.45) is 0. The van der Waals surface area contributed by atoms with Gasteiger partial charge in [-0.05, 0) is 29.8 Å². The van der Waals surface area contributed by atoms with E-state index in [-0.39, 0.29) is 11.9 Å². The Balaban J connectivity index is 2.15. The third-order valence-electron chi connectivity index (χ3n) is 3.40. The topological polar surface area (TPSA) is 57.3 Å². The van der Waals surface area contributed by atoms with Crippen LogP contribution < -0.4 is 10.2 Å². The monoisotopic (exact) mass is 294 g/mol. The Bertz CT molecular complexity index is 657. The van der Waals surface area contributed by atoms with E-state index >= 15 is 0 Å². The number of amides is 1. The van der Waals surface area contributed by atoms with Crippen molar-refractivity contribution in [1.29, 1.82) is 5.26 Å². The number of likely N-dealkylation sites (N-methyl/N-ethyl adjacent to an activating group) is 1. The van der Waals surface area contributed by atoms with Crippen molar-refractivity contribution >= 4 is 5.91 Å². The van der Waals surface area contributed by atoms with Crippen molar-refractivity contribution in [3.8, 4) is 6.07 Å². The maximum Gasteiger partial charge on any atom is 0.251 e. The van der Waals surface area contributed by atoms with Gasteiger partial charge in [-0.25, -0.2) is 0 Å². The highest BCUT2D eigenvalue weighted by molar-refractivity contribution is 5.94. The normalized spacial score (nSPS) is 11.7. The van der Waals surface area contributed by atoms with Crippen LogP contribution in [0, 0.1) is 11.3 Å². The van der Waals surface area contributed by atoms with Gasteiger partial charge in [0.25, 0.3) is 5.91 Å². The smallest absolute Gasteiger partial charge is 0.251 e. The second-order valence-corrected chi connectivity index (χ2v) is 5.54. The fourth-order valence-electron chi connectivity index (χ4n) is 2.28. The van der Waals surface area contributed by atoms with E-state index in [9.17, 15) is 4.79 Å². The summed E-state index contributed by atoms with van der Waals surface area (Å²) in [4.78, 5) is 13.7. The van der Waals surface area contributed by atoms with Crippen molar-refractivity contribution in [3.63, 3.8) is 0 Å². The van der Waals surface area contributed by atoms with E-state index in [1.165, 1.54) is 4.90 Å². The van der Waals surface area contributed by atoms with Gasteiger partial charge in [-0.2, -0.15) is 5.26 Å². The average Bonchev–Trinajstić information content (AvgIpc) is 2.54. The first-order valence-corrected chi connectivity index (χ1v) is 7.25. The first kappa shape index (κ1) is 15.7. The lowest BCUT2D eigenvalue weighted by Crippen LogP contribution is -3.06. The molecule has 0 aliphatic heterocycles. The number of quaternary nitrogens is 1. The number of hydrogen-bond donors (Lipinski definition) is 2. The van der Waals surface area contributed by atoms with Gasteiger partial charge in [0.05, 0.1) is 25.7 Å². The molecule has 112 valence electrons. The molecule has 22 heavy (non-hydrogen) atoms. The van der Waals surface area contributed by atoms with Crippen LogP contribution in [-0.2, 0) is 0 Å². The van der Waals surface area contributed by atoms with Crippen LogP contribution in [0.25, 0.3) is 0 Å². The molecule has 4 nitrogen and oxygen atoms in total. The second kappa shape index (κ2) is 7.39. The predicted octanol–water partition coefficient (Wildman–Crippen LogP) is 1.17. The van der Waals surface area contributed by atoms with Crippen molar-refractivity contribution < 1.29 is 9.69 Å². The number of carbonyl (C=O) groups is 1. The van der Waals surface area contributed by atoms with E-state index < -0.39 is 0 Å². The summed E-state index contributed by atoms with van der Waals surface area (Å²) >= 11 is 0. The Hall–Kier alpha value is -2.64. The van der Waals surface area contributed by atoms with Crippen LogP contribution in [0.2, 0.25) is 0 Å². The van der Waals surface area contributed by atoms with Crippen molar-refractivity contribution in [2.75, 3.05) is 20.6 Å². The fourth-order valence-corrected chi connectivity index (χ4v) is 2.28. The van der Waals surface area contributed by atoms with E-state index in [2.05, 4.69) is 25.5 Å². The molecule has 4 heteroatoms. The molecular weight excluding hydrogens is 274 g/mol. The number of rotatable bonds is 5. The second-order valence-electron chi connectivity index (χ2n) is 5.54. The van der Waals surface area contributed by atoms with E-state index in [1.807, 2.05) is 30.3 Å². The number of benzene rings is 2. The van der Waals surface area contributed by atoms with Crippen molar-refractivity contribution in [2.45, 2.75) is 6.04 Å². The molecule has 0 aliphatic rings. The molecule has 0 heterocycles. The zero-order valence-electron chi connectivity index (χ0n) is 12.8. The first-order valence-electron chi connectivity index (χ1n) is 7.25. The van der Waals surface area contributed by atoms with Gasteiger partial charge in [0.2, 0.25) is 0 Å². The minimum Gasteiger partial charge on any atom is -0.340 e. The summed E-state index contributed by atoms with van der Waals surface area (Å²) in [6, 6.07) is 18.6. The van der Waals surface area contributed by atoms with Crippen LogP contribution >= 0.6 is 0 Å². The molecule has 1 amide bonds. The summed E-state index contributed by atoms with van der Waals surface area (Å²) in [5.41, 5.74) is 2.20. The van der Waals surface area contributed by atoms with Gasteiger partial charge >= 0.3 is 0 Å². The molecule has 0 saturated heterocycles. The van der Waals surface area contributed by atoms with Gasteiger partial charge in [-0.3, -0.25) is 4.79 Å². The summed E-state index contributed by atoms with van der Waals surface area (Å²) in [7, 11) is 4.12. The Morgan fingerprint density at radius 3 is 2.32 bits per heavy atom. The predicted molar refractivity (Wildman–Crippen MR) is 85.5 cm³/mol. The molecule has 0 fully saturated rings. The molecule has 2 aromatic carbocycles. The van der Waals surface area contributed by atoms with Gasteiger partial charge in [0, 0.05) is 5.56 Å². The van der Waals surface area contributed by atoms with Crippen LogP contribution in [0.3, 0.4) is 0 Å². The largest absolute Gasteiger partial charge is 0.340 e. The standard InChI is InChI=1S/C18H19N3O/c1-21(2)13-17(15-6-4-3-5-7-15)20-18(22)16-10-8-14(12-19)9-11-16/h3-11,17H,13H2,1-2H3,(H,20,22)/p+1/t17-/m1/s1. The summed E-state index contributed by atoms with van der Waals surface area (Å²) < 4.78 is 0. The summed E-state index contributed by atoms with van der Waals surface area (Å²) in [6.45, 7) is 0.798. The lowest BCUT2D eigenvalue weighted by molar-refractivity contribution is -0.860. The maximum atomic E-state index is 12.4. The maximum absolute atomic E-state index is 12.4. The van der Waals surface area contributed by atoms with Gasteiger partial charge in [0.15, 0.2) is 0 Å². The minimum atomic E-state index is -0.125. The summed E-state index contributed by atoms with van der Waals surface area (Å²) in [5, 5.41) is 11.9. The van der Waals surface area contributed by atoms with Gasteiger partial charge < -0.3 is 10.2 Å². The molecular formula is C18H20N3O+. The molecule has 0 aromatic heterocycles. The molecule has 0 spiro atoms. The highest BCUT2D eigenvalue weighted by Gasteiger charge is 2.18. The Kier molecular flexibility index (Phi) is 5.29. The SMILES string of the molecule is C[NH+](C)C[C@@H](NC(=O)c1ccc(C#N)cc1)c1ccccc1. The van der Waals surface area contributed by atoms with E-state index in [0.717, 1.165) is 12.1 Å². The third kappa shape index (κ3) is 4.18. The van der Waals surface area contributed by atoms with Gasteiger partial charge in [-0.15, -0.1) is 0 Å². The Labute approximate surface area is 131 Å². The van der Waals surface area contributed by atoms with Gasteiger partial charge in [0.1, 0.15) is 12.6 Å². The number of nitrogens with one attached hydrogen (secondary N) is 2. The van der Waals surface area contributed by atoms with Crippen LogP contribution in [0.4, 0.5) is 0 Å². The van der Waals surface area contributed by atoms with E-state index in [4.69, 9.17) is 5.26 Å². The van der Waals surface area contributed by atoms with E-state index in [0.29, 0.717) is 11.1 Å². The zero-order valence-corrected chi connectivity index (χ0v) is 12.8. The molecule has 0 aliphatic carbocycles. The molecule has 0 bridgehead atoms. The quantitative estimate of drug-likeness (QED) is 0.870. The molecule has 2 aromatic rings. The molecule has 1 atom stereocenters. The molecule has 0 radical (unpaired) electrons. The molecule has 0 saturated carbocycles. The highest BCUT2D eigenvalue weighted by atomic mass is 16.1. The van der Waals surface area contributed by atoms with Crippen LogP contribution in [0.15, 0.2) is 54.6 Å². The zero-order chi connectivity index (χ0) is 15.9. The average molecular weight is 294 g/mol. The number of nitriles is 1. The van der Waals surface area contributed by atoms with Crippen molar-refractivity contribution in [2.24, 2.45) is 0 Å². The highest BCUT2D eigenvalue weighted by Crippen LogP contribution is 2.12. The van der Waals surface area contributed by atoms with Crippen LogP contribution in [0.1, 0.15) is 27.5 Å². The number of carbonyl (C=O) groups excluding carboxylic acids is 1. The van der Waals surface area contributed by atoms with Crippen LogP contribution in [0.5, 0.6) is 0 Å². The molecule has 2 rings (SSSR count). The van der Waals surface area contributed by atoms with Crippen LogP contribution in [-0.4, -0.2) is 26.5 Å². The van der Waals surface area contributed by atoms with Crippen molar-refractivity contribution in [1.82, 2.24) is 5.32 Å². The first-order chi connectivity index (χ1) is 10.6. The van der Waals surface area contributed by atoms with Crippen molar-refractivity contribution in [3.05, 3.63) is 71.3 Å². The van der Waals surface area contributed by atoms with E-state index in [1.54, 1.807) is 24.3 Å². The Morgan fingerprint density at radius 2 is 1.77 bits per heavy atom. The number of hydrogen-bond acceptors (Lipinski definition) is 2.